The highest BCUT2D eigenvalue weighted by molar-refractivity contribution is 7.60. The van der Waals surface area contributed by atoms with Crippen molar-refractivity contribution in [1.82, 2.24) is 0 Å². The Morgan fingerprint density at radius 1 is 0.578 bits per heavy atom. The summed E-state index contributed by atoms with van der Waals surface area (Å²) >= 11 is 0. The molecule has 6 N–H and O–H groups in total. The quantitative estimate of drug-likeness (QED) is 0.0266. The Balaban J connectivity index is 5.29. The third-order valence-electron chi connectivity index (χ3n) is 8.53. The minimum Gasteiger partial charge on any atom is -0.394 e. The molecule has 0 aromatic heterocycles. The number of carbonyl (C=O) groups is 3. The molecule has 0 fully saturated rings. The minimum absolute atomic E-state index is 0.216. The van der Waals surface area contributed by atoms with Gasteiger partial charge in [-0.3, -0.25) is 14.4 Å². The number of unbranched alkanes of at least 4 members (excludes halogenated alkanes) is 20. The fraction of sp³-hybridized carbons (Fsp3) is 0.912. The van der Waals surface area contributed by atoms with Crippen molar-refractivity contribution in [2.45, 2.75) is 185 Å². The maximum atomic E-state index is 13.6. The number of ether oxygens (including phenoxy) is 1. The monoisotopic (exact) mass is 665 g/mol. The van der Waals surface area contributed by atoms with Crippen LogP contribution in [0.5, 0.6) is 0 Å². The molecule has 10 nitrogen and oxygen atoms in total. The van der Waals surface area contributed by atoms with Crippen molar-refractivity contribution in [2.75, 3.05) is 13.2 Å². The number of aliphatic hydroxyl groups is 3. The van der Waals surface area contributed by atoms with Crippen molar-refractivity contribution in [3.63, 3.8) is 0 Å². The van der Waals surface area contributed by atoms with Crippen LogP contribution in [0.4, 0.5) is 0 Å². The van der Waals surface area contributed by atoms with Gasteiger partial charge in [0, 0.05) is 12.8 Å². The zero-order valence-corrected chi connectivity index (χ0v) is 29.2. The molecule has 0 saturated carbocycles. The molecule has 2 atom stereocenters. The van der Waals surface area contributed by atoms with E-state index in [1.54, 1.807) is 0 Å². The lowest BCUT2D eigenvalue weighted by Gasteiger charge is -2.36. The van der Waals surface area contributed by atoms with E-state index in [0.29, 0.717) is 25.7 Å². The standard InChI is InChI=1S/C34H66O10P/c1-3-5-7-9-11-13-15-17-19-21-23-25-30(38)34(32(40)28-36,44-33(29(37)27-35)45(41,42)43)31(39)26-24-22-20-18-16-14-12-10-8-6-4-2/h32-33,35-36,40-43H,3-28H2,1-2H3/q+1/t32-,33?/m0/s1. The summed E-state index contributed by atoms with van der Waals surface area (Å²) in [4.78, 5) is 69.3. The van der Waals surface area contributed by atoms with Gasteiger partial charge in [-0.15, -0.1) is 0 Å². The highest BCUT2D eigenvalue weighted by atomic mass is 31.2. The third kappa shape index (κ3) is 18.9. The first kappa shape index (κ1) is 44.2. The average Bonchev–Trinajstić information content (AvgIpc) is 3.01. The van der Waals surface area contributed by atoms with Crippen LogP contribution in [0.2, 0.25) is 0 Å². The summed E-state index contributed by atoms with van der Waals surface area (Å²) in [6.07, 6.45) is 20.1. The lowest BCUT2D eigenvalue weighted by Crippen LogP contribution is -2.61. The zero-order chi connectivity index (χ0) is 34.0. The highest BCUT2D eigenvalue weighted by Gasteiger charge is 2.60. The number of aliphatic hydroxyl groups excluding tert-OH is 3. The Hall–Kier alpha value is -0.840. The second-order valence-corrected chi connectivity index (χ2v) is 14.3. The van der Waals surface area contributed by atoms with E-state index in [2.05, 4.69) is 13.8 Å². The molecule has 0 radical (unpaired) electrons. The molecule has 0 amide bonds. The van der Waals surface area contributed by atoms with Crippen molar-refractivity contribution in [3.05, 3.63) is 0 Å². The van der Waals surface area contributed by atoms with Crippen LogP contribution in [-0.2, 0) is 19.1 Å². The van der Waals surface area contributed by atoms with Gasteiger partial charge in [-0.25, -0.2) is 0 Å². The summed E-state index contributed by atoms with van der Waals surface area (Å²) in [5.41, 5.74) is -2.79. The molecule has 11 heteroatoms. The summed E-state index contributed by atoms with van der Waals surface area (Å²) < 4.78 is 5.41. The fourth-order valence-electron chi connectivity index (χ4n) is 5.72. The molecular formula is C34H66O10P+. The van der Waals surface area contributed by atoms with E-state index in [9.17, 15) is 44.4 Å². The Morgan fingerprint density at radius 3 is 1.16 bits per heavy atom. The molecule has 0 heterocycles. The van der Waals surface area contributed by atoms with Crippen LogP contribution < -0.4 is 0 Å². The zero-order valence-electron chi connectivity index (χ0n) is 28.3. The molecule has 266 valence electrons. The molecule has 0 spiro atoms. The van der Waals surface area contributed by atoms with Crippen LogP contribution >= 0.6 is 7.94 Å². The van der Waals surface area contributed by atoms with Crippen molar-refractivity contribution < 1.29 is 49.1 Å². The van der Waals surface area contributed by atoms with E-state index in [1.807, 2.05) is 0 Å². The predicted octanol–water partition coefficient (Wildman–Crippen LogP) is 6.26. The average molecular weight is 666 g/mol. The second kappa shape index (κ2) is 27.1. The first-order chi connectivity index (χ1) is 21.5. The van der Waals surface area contributed by atoms with E-state index < -0.39 is 56.1 Å². The first-order valence-corrected chi connectivity index (χ1v) is 19.5. The summed E-state index contributed by atoms with van der Waals surface area (Å²) in [5.74, 6) is -5.70. The normalized spacial score (nSPS) is 13.6. The first-order valence-electron chi connectivity index (χ1n) is 17.8. The molecular weight excluding hydrogens is 599 g/mol. The maximum Gasteiger partial charge on any atom is 0.443 e. The minimum atomic E-state index is -5.17. The van der Waals surface area contributed by atoms with Crippen LogP contribution in [0.1, 0.15) is 168 Å². The molecule has 0 bridgehead atoms. The van der Waals surface area contributed by atoms with Gasteiger partial charge in [0.2, 0.25) is 11.4 Å². The van der Waals surface area contributed by atoms with Gasteiger partial charge in [-0.1, -0.05) is 142 Å². The van der Waals surface area contributed by atoms with Gasteiger partial charge < -0.3 is 20.1 Å². The Morgan fingerprint density at radius 2 is 0.889 bits per heavy atom. The Labute approximate surface area is 272 Å². The largest absolute Gasteiger partial charge is 0.443 e. The van der Waals surface area contributed by atoms with Gasteiger partial charge in [0.1, 0.15) is 12.7 Å². The van der Waals surface area contributed by atoms with Crippen LogP contribution in [0.15, 0.2) is 0 Å². The summed E-state index contributed by atoms with van der Waals surface area (Å²) in [5, 5.41) is 30.0. The van der Waals surface area contributed by atoms with E-state index >= 15 is 0 Å². The van der Waals surface area contributed by atoms with Gasteiger partial charge >= 0.3 is 13.8 Å². The number of Topliss-reactive ketones (excluding diaryl/α,β-unsaturated/α-hetero) is 3. The van der Waals surface area contributed by atoms with Crippen LogP contribution in [0.25, 0.3) is 0 Å². The van der Waals surface area contributed by atoms with Crippen molar-refractivity contribution >= 4 is 25.3 Å². The van der Waals surface area contributed by atoms with Gasteiger partial charge in [-0.05, 0) is 12.8 Å². The SMILES string of the molecule is CCCCCCCCCCCCCC(=O)C(OC(C(=O)CO)[P+](O)(O)O)(C(=O)CCCCCCCCCCCCC)[C@@H](O)CO. The number of hydrogen-bond acceptors (Lipinski definition) is 10. The molecule has 1 unspecified atom stereocenters. The van der Waals surface area contributed by atoms with Crippen molar-refractivity contribution in [2.24, 2.45) is 0 Å². The molecule has 0 aliphatic carbocycles. The van der Waals surface area contributed by atoms with Crippen molar-refractivity contribution in [1.29, 1.82) is 0 Å². The topological polar surface area (TPSA) is 182 Å². The van der Waals surface area contributed by atoms with Crippen LogP contribution in [-0.4, -0.2) is 78.1 Å². The lowest BCUT2D eigenvalue weighted by atomic mass is 9.82. The summed E-state index contributed by atoms with van der Waals surface area (Å²) in [6, 6.07) is 0. The number of ketones is 3. The van der Waals surface area contributed by atoms with E-state index in [0.717, 1.165) is 51.4 Å². The van der Waals surface area contributed by atoms with Gasteiger partial charge in [0.25, 0.3) is 0 Å². The Bertz CT molecular complexity index is 733. The van der Waals surface area contributed by atoms with Crippen molar-refractivity contribution in [3.8, 4) is 0 Å². The van der Waals surface area contributed by atoms with E-state index in [4.69, 9.17) is 4.74 Å². The molecule has 0 aliphatic rings. The summed E-state index contributed by atoms with van der Waals surface area (Å²) in [6.45, 7) is 2.03. The maximum absolute atomic E-state index is 13.6. The smallest absolute Gasteiger partial charge is 0.394 e. The van der Waals surface area contributed by atoms with E-state index in [-0.39, 0.29) is 12.8 Å². The predicted molar refractivity (Wildman–Crippen MR) is 179 cm³/mol. The molecule has 0 aromatic carbocycles. The number of carbonyl (C=O) groups excluding carboxylic acids is 3. The fourth-order valence-corrected chi connectivity index (χ4v) is 6.50. The van der Waals surface area contributed by atoms with Crippen LogP contribution in [0.3, 0.4) is 0 Å². The Kier molecular flexibility index (Phi) is 26.6. The highest BCUT2D eigenvalue weighted by Crippen LogP contribution is 2.53. The third-order valence-corrected chi connectivity index (χ3v) is 9.55. The van der Waals surface area contributed by atoms with Gasteiger partial charge in [0.05, 0.1) is 6.61 Å². The lowest BCUT2D eigenvalue weighted by molar-refractivity contribution is -0.184. The molecule has 0 aromatic rings. The van der Waals surface area contributed by atoms with Crippen LogP contribution in [0, 0.1) is 0 Å². The van der Waals surface area contributed by atoms with Gasteiger partial charge in [-0.2, -0.15) is 14.7 Å². The molecule has 0 aliphatic heterocycles. The molecule has 45 heavy (non-hydrogen) atoms. The molecule has 0 rings (SSSR count). The van der Waals surface area contributed by atoms with E-state index in [1.165, 1.54) is 64.2 Å². The van der Waals surface area contributed by atoms with Gasteiger partial charge in [0.15, 0.2) is 11.6 Å². The molecule has 0 saturated heterocycles. The summed E-state index contributed by atoms with van der Waals surface area (Å²) in [7, 11) is -5.17. The number of hydrogen-bond donors (Lipinski definition) is 6. The number of rotatable bonds is 33. The second-order valence-electron chi connectivity index (χ2n) is 12.6.